The van der Waals surface area contributed by atoms with Crippen LogP contribution in [0.2, 0.25) is 0 Å². The molecule has 0 radical (unpaired) electrons. The van der Waals surface area contributed by atoms with Gasteiger partial charge in [0.05, 0.1) is 0 Å². The van der Waals surface area contributed by atoms with Gasteiger partial charge in [0, 0.05) is 10.5 Å². The molecule has 0 amide bonds. The van der Waals surface area contributed by atoms with Gasteiger partial charge in [0.15, 0.2) is 0 Å². The van der Waals surface area contributed by atoms with E-state index in [1.807, 2.05) is 0 Å². The normalized spacial score (nSPS) is 54.5. The molecule has 1 saturated carbocycles. The largest absolute Gasteiger partial charge is 0.158 e. The van der Waals surface area contributed by atoms with E-state index in [1.54, 1.807) is 6.42 Å². The summed E-state index contributed by atoms with van der Waals surface area (Å²) in [6, 6.07) is 0. The smallest absolute Gasteiger partial charge is 0.00892 e. The van der Waals surface area contributed by atoms with E-state index in [-0.39, 0.29) is 0 Å². The first-order valence-corrected chi connectivity index (χ1v) is 6.78. The first-order valence-electron chi connectivity index (χ1n) is 4.68. The zero-order valence-corrected chi connectivity index (χ0v) is 8.29. The minimum atomic E-state index is 1.08. The van der Waals surface area contributed by atoms with Crippen molar-refractivity contribution in [3.63, 3.8) is 0 Å². The van der Waals surface area contributed by atoms with Gasteiger partial charge >= 0.3 is 0 Å². The Labute approximate surface area is 76.9 Å². The molecule has 1 aliphatic carbocycles. The molecule has 0 aromatic rings. The molecule has 0 nitrogen and oxygen atoms in total. The Balaban J connectivity index is 1.84. The van der Waals surface area contributed by atoms with Gasteiger partial charge < -0.3 is 0 Å². The lowest BCUT2D eigenvalue weighted by Gasteiger charge is -2.14. The summed E-state index contributed by atoms with van der Waals surface area (Å²) in [5.74, 6) is 5.20. The van der Waals surface area contributed by atoms with Crippen LogP contribution < -0.4 is 0 Å². The highest BCUT2D eigenvalue weighted by Gasteiger charge is 2.47. The van der Waals surface area contributed by atoms with Crippen molar-refractivity contribution in [2.45, 2.75) is 29.8 Å². The second kappa shape index (κ2) is 2.59. The fraction of sp³-hybridized carbons (Fsp3) is 1.00. The molecule has 2 heterocycles. The molecule has 3 rings (SSSR count). The van der Waals surface area contributed by atoms with Crippen molar-refractivity contribution >= 4 is 23.5 Å². The van der Waals surface area contributed by atoms with E-state index in [1.165, 1.54) is 24.3 Å². The van der Waals surface area contributed by atoms with Crippen molar-refractivity contribution in [3.8, 4) is 0 Å². The molecular weight excluding hydrogens is 172 g/mol. The summed E-state index contributed by atoms with van der Waals surface area (Å²) in [5.41, 5.74) is 0. The molecule has 11 heavy (non-hydrogen) atoms. The van der Waals surface area contributed by atoms with E-state index >= 15 is 0 Å². The van der Waals surface area contributed by atoms with Gasteiger partial charge in [-0.15, -0.1) is 0 Å². The lowest BCUT2D eigenvalue weighted by atomic mass is 9.92. The summed E-state index contributed by atoms with van der Waals surface area (Å²) in [5, 5.41) is 2.16. The van der Waals surface area contributed by atoms with Crippen LogP contribution in [0.15, 0.2) is 0 Å². The lowest BCUT2D eigenvalue weighted by Crippen LogP contribution is -2.12. The van der Waals surface area contributed by atoms with E-state index in [9.17, 15) is 0 Å². The molecule has 62 valence electrons. The quantitative estimate of drug-likeness (QED) is 0.570. The average molecular weight is 186 g/mol. The molecule has 2 saturated heterocycles. The maximum Gasteiger partial charge on any atom is 0.00892 e. The van der Waals surface area contributed by atoms with Crippen LogP contribution in [-0.4, -0.2) is 22.0 Å². The van der Waals surface area contributed by atoms with E-state index in [0.717, 1.165) is 22.3 Å². The van der Waals surface area contributed by atoms with E-state index in [0.29, 0.717) is 0 Å². The van der Waals surface area contributed by atoms with E-state index in [2.05, 4.69) is 23.5 Å². The second-order valence-corrected chi connectivity index (χ2v) is 6.65. The van der Waals surface area contributed by atoms with Crippen LogP contribution in [0.3, 0.4) is 0 Å². The SMILES string of the molecule is C1CC2C(CC3SCCC32)S1. The van der Waals surface area contributed by atoms with Crippen molar-refractivity contribution in [1.29, 1.82) is 0 Å². The third-order valence-electron chi connectivity index (χ3n) is 3.54. The Kier molecular flexibility index (Phi) is 1.68. The third-order valence-corrected chi connectivity index (χ3v) is 6.42. The van der Waals surface area contributed by atoms with Gasteiger partial charge in [-0.3, -0.25) is 0 Å². The summed E-state index contributed by atoms with van der Waals surface area (Å²) < 4.78 is 0. The maximum atomic E-state index is 2.26. The van der Waals surface area contributed by atoms with Crippen molar-refractivity contribution in [1.82, 2.24) is 0 Å². The monoisotopic (exact) mass is 186 g/mol. The highest BCUT2D eigenvalue weighted by Crippen LogP contribution is 2.55. The van der Waals surface area contributed by atoms with Crippen LogP contribution in [0, 0.1) is 11.8 Å². The van der Waals surface area contributed by atoms with Gasteiger partial charge in [-0.25, -0.2) is 0 Å². The number of hydrogen-bond acceptors (Lipinski definition) is 2. The van der Waals surface area contributed by atoms with Gasteiger partial charge in [-0.1, -0.05) is 0 Å². The summed E-state index contributed by atoms with van der Waals surface area (Å²) in [6.07, 6.45) is 4.62. The van der Waals surface area contributed by atoms with Crippen molar-refractivity contribution in [2.24, 2.45) is 11.8 Å². The minimum absolute atomic E-state index is 1.08. The fourth-order valence-corrected chi connectivity index (χ4v) is 6.43. The van der Waals surface area contributed by atoms with Crippen LogP contribution in [0.5, 0.6) is 0 Å². The zero-order chi connectivity index (χ0) is 7.26. The van der Waals surface area contributed by atoms with Crippen molar-refractivity contribution in [3.05, 3.63) is 0 Å². The van der Waals surface area contributed by atoms with Crippen LogP contribution in [0.4, 0.5) is 0 Å². The van der Waals surface area contributed by atoms with Gasteiger partial charge in [0.2, 0.25) is 0 Å². The maximum absolute atomic E-state index is 2.26. The molecule has 0 aromatic heterocycles. The first-order chi connectivity index (χ1) is 5.45. The summed E-state index contributed by atoms with van der Waals surface area (Å²) >= 11 is 4.51. The topological polar surface area (TPSA) is 0 Å². The van der Waals surface area contributed by atoms with Crippen LogP contribution in [0.25, 0.3) is 0 Å². The molecule has 0 aromatic carbocycles. The number of thioether (sulfide) groups is 2. The molecule has 0 N–H and O–H groups in total. The lowest BCUT2D eigenvalue weighted by molar-refractivity contribution is 0.403. The predicted molar refractivity (Wildman–Crippen MR) is 53.3 cm³/mol. The van der Waals surface area contributed by atoms with Crippen LogP contribution in [-0.2, 0) is 0 Å². The van der Waals surface area contributed by atoms with Crippen molar-refractivity contribution in [2.75, 3.05) is 11.5 Å². The summed E-state index contributed by atoms with van der Waals surface area (Å²) in [6.45, 7) is 0. The molecular formula is C9H14S2. The highest BCUT2D eigenvalue weighted by molar-refractivity contribution is 8.01. The Morgan fingerprint density at radius 3 is 1.91 bits per heavy atom. The predicted octanol–water partition coefficient (Wildman–Crippen LogP) is 2.63. The third kappa shape index (κ3) is 0.983. The molecule has 0 bridgehead atoms. The Morgan fingerprint density at radius 2 is 1.36 bits per heavy atom. The van der Waals surface area contributed by atoms with Crippen LogP contribution in [0.1, 0.15) is 19.3 Å². The van der Waals surface area contributed by atoms with Gasteiger partial charge in [-0.05, 0) is 42.6 Å². The Morgan fingerprint density at radius 1 is 0.818 bits per heavy atom. The number of fused-ring (bicyclic) bond motifs is 3. The molecule has 3 aliphatic rings. The molecule has 2 heteroatoms. The number of rotatable bonds is 0. The average Bonchev–Trinajstić information content (AvgIpc) is 2.52. The molecule has 4 atom stereocenters. The molecule has 4 unspecified atom stereocenters. The van der Waals surface area contributed by atoms with Crippen LogP contribution >= 0.6 is 23.5 Å². The van der Waals surface area contributed by atoms with Gasteiger partial charge in [-0.2, -0.15) is 23.5 Å². The zero-order valence-electron chi connectivity index (χ0n) is 6.66. The fourth-order valence-electron chi connectivity index (χ4n) is 3.02. The standard InChI is InChI=1S/C9H14S2/c1-3-10-8-5-9-7(6(1)8)2-4-11-9/h6-9H,1-5H2. The molecule has 2 aliphatic heterocycles. The summed E-state index contributed by atoms with van der Waals surface area (Å²) in [7, 11) is 0. The molecule has 0 spiro atoms. The second-order valence-electron chi connectivity index (χ2n) is 3.96. The van der Waals surface area contributed by atoms with Crippen molar-refractivity contribution < 1.29 is 0 Å². The van der Waals surface area contributed by atoms with E-state index in [4.69, 9.17) is 0 Å². The molecule has 3 fully saturated rings. The van der Waals surface area contributed by atoms with Gasteiger partial charge in [0.1, 0.15) is 0 Å². The van der Waals surface area contributed by atoms with E-state index < -0.39 is 0 Å². The van der Waals surface area contributed by atoms with Gasteiger partial charge in [0.25, 0.3) is 0 Å². The Hall–Kier alpha value is 0.700. The summed E-state index contributed by atoms with van der Waals surface area (Å²) in [4.78, 5) is 0. The Bertz CT molecular complexity index is 151. The highest BCUT2D eigenvalue weighted by atomic mass is 32.2. The number of hydrogen-bond donors (Lipinski definition) is 0. The minimum Gasteiger partial charge on any atom is -0.158 e. The first kappa shape index (κ1) is 7.14.